The van der Waals surface area contributed by atoms with Crippen molar-refractivity contribution >= 4 is 33.2 Å². The Hall–Kier alpha value is -1.20. The van der Waals surface area contributed by atoms with E-state index < -0.39 is 5.97 Å². The number of hydrogen-bond donors (Lipinski definition) is 1. The smallest absolute Gasteiger partial charge is 0.356 e. The molecule has 0 amide bonds. The molecule has 0 aliphatic carbocycles. The summed E-state index contributed by atoms with van der Waals surface area (Å²) < 4.78 is 0.555. The molecule has 0 saturated heterocycles. The first-order valence-electron chi connectivity index (χ1n) is 5.10. The summed E-state index contributed by atoms with van der Waals surface area (Å²) in [5.74, 6) is -1.01. The molecule has 1 heterocycles. The second-order valence-corrected chi connectivity index (χ2v) is 5.81. The van der Waals surface area contributed by atoms with E-state index in [2.05, 4.69) is 27.8 Å². The molecular weight excluding hydrogens is 302 g/mol. The lowest BCUT2D eigenvalue weighted by Crippen LogP contribution is -1.96. The van der Waals surface area contributed by atoms with E-state index in [9.17, 15) is 4.79 Å². The zero-order chi connectivity index (χ0) is 12.4. The van der Waals surface area contributed by atoms with Gasteiger partial charge < -0.3 is 5.11 Å². The van der Waals surface area contributed by atoms with Crippen LogP contribution < -0.4 is 0 Å². The predicted molar refractivity (Wildman–Crippen MR) is 71.6 cm³/mol. The van der Waals surface area contributed by atoms with Gasteiger partial charge in [-0.25, -0.2) is 9.78 Å². The lowest BCUT2D eigenvalue weighted by Gasteiger charge is -1.98. The average Bonchev–Trinajstić information content (AvgIpc) is 2.71. The van der Waals surface area contributed by atoms with Gasteiger partial charge in [-0.15, -0.1) is 11.3 Å². The van der Waals surface area contributed by atoms with Crippen molar-refractivity contribution in [2.75, 3.05) is 0 Å². The molecule has 1 aromatic heterocycles. The summed E-state index contributed by atoms with van der Waals surface area (Å²) in [6.07, 6.45) is 0.988. The summed E-state index contributed by atoms with van der Waals surface area (Å²) in [7, 11) is 0. The Morgan fingerprint density at radius 2 is 2.06 bits per heavy atom. The van der Waals surface area contributed by atoms with E-state index in [4.69, 9.17) is 5.11 Å². The number of rotatable bonds is 3. The van der Waals surface area contributed by atoms with Crippen LogP contribution in [-0.2, 0) is 6.42 Å². The van der Waals surface area contributed by atoms with Crippen molar-refractivity contribution in [2.24, 2.45) is 0 Å². The van der Waals surface area contributed by atoms with E-state index in [-0.39, 0.29) is 5.69 Å². The molecule has 0 radical (unpaired) electrons. The second-order valence-electron chi connectivity index (χ2n) is 3.50. The standard InChI is InChI=1S/C12H10BrNO2S/c1-2-7-3-5-8(6-4-7)11-14-9(12(15)16)10(13)17-11/h3-6H,2H2,1H3,(H,15,16). The largest absolute Gasteiger partial charge is 0.476 e. The molecule has 88 valence electrons. The SMILES string of the molecule is CCc1ccc(-c2nc(C(=O)O)c(Br)s2)cc1. The van der Waals surface area contributed by atoms with Crippen molar-refractivity contribution < 1.29 is 9.90 Å². The zero-order valence-corrected chi connectivity index (χ0v) is 11.5. The van der Waals surface area contributed by atoms with E-state index >= 15 is 0 Å². The maximum absolute atomic E-state index is 10.9. The summed E-state index contributed by atoms with van der Waals surface area (Å²) in [5, 5.41) is 9.64. The highest BCUT2D eigenvalue weighted by atomic mass is 79.9. The number of aryl methyl sites for hydroxylation is 1. The molecule has 2 rings (SSSR count). The van der Waals surface area contributed by atoms with E-state index in [1.54, 1.807) is 0 Å². The Morgan fingerprint density at radius 3 is 2.53 bits per heavy atom. The van der Waals surface area contributed by atoms with Gasteiger partial charge >= 0.3 is 5.97 Å². The van der Waals surface area contributed by atoms with Gasteiger partial charge in [0.25, 0.3) is 0 Å². The number of carboxylic acids is 1. The number of carboxylic acid groups (broad SMARTS) is 1. The molecule has 0 fully saturated rings. The van der Waals surface area contributed by atoms with Crippen molar-refractivity contribution in [3.63, 3.8) is 0 Å². The summed E-state index contributed by atoms with van der Waals surface area (Å²) in [5.41, 5.74) is 2.27. The van der Waals surface area contributed by atoms with Gasteiger partial charge in [-0.3, -0.25) is 0 Å². The third-order valence-corrected chi connectivity index (χ3v) is 4.15. The van der Waals surface area contributed by atoms with Crippen LogP contribution in [0, 0.1) is 0 Å². The first-order valence-corrected chi connectivity index (χ1v) is 6.71. The maximum Gasteiger partial charge on any atom is 0.356 e. The molecule has 1 N–H and O–H groups in total. The second kappa shape index (κ2) is 4.98. The quantitative estimate of drug-likeness (QED) is 0.937. The van der Waals surface area contributed by atoms with Crippen LogP contribution in [0.3, 0.4) is 0 Å². The Labute approximate surface area is 111 Å². The van der Waals surface area contributed by atoms with Gasteiger partial charge in [-0.05, 0) is 27.9 Å². The Bertz CT molecular complexity index is 548. The number of halogens is 1. The number of thiazole rings is 1. The highest BCUT2D eigenvalue weighted by Crippen LogP contribution is 2.32. The maximum atomic E-state index is 10.9. The van der Waals surface area contributed by atoms with Crippen molar-refractivity contribution in [3.8, 4) is 10.6 Å². The fourth-order valence-electron chi connectivity index (χ4n) is 1.44. The number of aromatic carboxylic acids is 1. The minimum absolute atomic E-state index is 0.0737. The molecule has 0 unspecified atom stereocenters. The molecule has 0 saturated carbocycles. The lowest BCUT2D eigenvalue weighted by molar-refractivity contribution is 0.0690. The molecule has 2 aromatic rings. The van der Waals surface area contributed by atoms with Crippen LogP contribution in [-0.4, -0.2) is 16.1 Å². The van der Waals surface area contributed by atoms with E-state index in [0.717, 1.165) is 17.0 Å². The third-order valence-electron chi connectivity index (χ3n) is 2.40. The Balaban J connectivity index is 2.39. The fourth-order valence-corrected chi connectivity index (χ4v) is 2.95. The Kier molecular flexibility index (Phi) is 3.59. The predicted octanol–water partition coefficient (Wildman–Crippen LogP) is 3.83. The molecule has 1 aromatic carbocycles. The number of hydrogen-bond acceptors (Lipinski definition) is 3. The van der Waals surface area contributed by atoms with Gasteiger partial charge in [-0.1, -0.05) is 31.2 Å². The van der Waals surface area contributed by atoms with Crippen LogP contribution in [0.5, 0.6) is 0 Å². The van der Waals surface area contributed by atoms with Crippen LogP contribution in [0.15, 0.2) is 28.1 Å². The van der Waals surface area contributed by atoms with Crippen molar-refractivity contribution in [3.05, 3.63) is 39.3 Å². The minimum atomic E-state index is -1.01. The summed E-state index contributed by atoms with van der Waals surface area (Å²) in [4.78, 5) is 15.0. The van der Waals surface area contributed by atoms with Crippen LogP contribution >= 0.6 is 27.3 Å². The minimum Gasteiger partial charge on any atom is -0.476 e. The highest BCUT2D eigenvalue weighted by molar-refractivity contribution is 9.11. The van der Waals surface area contributed by atoms with Crippen molar-refractivity contribution in [2.45, 2.75) is 13.3 Å². The summed E-state index contributed by atoms with van der Waals surface area (Å²) in [6.45, 7) is 2.09. The molecule has 3 nitrogen and oxygen atoms in total. The molecule has 0 spiro atoms. The number of carbonyl (C=O) groups is 1. The molecular formula is C12H10BrNO2S. The molecule has 0 aliphatic rings. The van der Waals surface area contributed by atoms with Crippen molar-refractivity contribution in [1.82, 2.24) is 4.98 Å². The van der Waals surface area contributed by atoms with Crippen LogP contribution in [0.1, 0.15) is 23.0 Å². The number of benzene rings is 1. The number of nitrogens with zero attached hydrogens (tertiary/aromatic N) is 1. The monoisotopic (exact) mass is 311 g/mol. The van der Waals surface area contributed by atoms with Gasteiger partial charge in [0.05, 0.1) is 0 Å². The molecule has 0 aliphatic heterocycles. The molecule has 0 atom stereocenters. The summed E-state index contributed by atoms with van der Waals surface area (Å²) in [6, 6.07) is 8.00. The normalized spacial score (nSPS) is 10.5. The van der Waals surface area contributed by atoms with Crippen molar-refractivity contribution in [1.29, 1.82) is 0 Å². The van der Waals surface area contributed by atoms with Gasteiger partial charge in [0.2, 0.25) is 0 Å². The van der Waals surface area contributed by atoms with E-state index in [1.165, 1.54) is 16.9 Å². The molecule has 5 heteroatoms. The van der Waals surface area contributed by atoms with Crippen LogP contribution in [0.25, 0.3) is 10.6 Å². The van der Waals surface area contributed by atoms with Gasteiger partial charge in [0.15, 0.2) is 5.69 Å². The fraction of sp³-hybridized carbons (Fsp3) is 0.167. The summed E-state index contributed by atoms with van der Waals surface area (Å²) >= 11 is 4.55. The lowest BCUT2D eigenvalue weighted by atomic mass is 10.1. The van der Waals surface area contributed by atoms with Gasteiger partial charge in [0, 0.05) is 5.56 Å². The first kappa shape index (κ1) is 12.3. The van der Waals surface area contributed by atoms with Crippen LogP contribution in [0.4, 0.5) is 0 Å². The number of aromatic nitrogens is 1. The van der Waals surface area contributed by atoms with Gasteiger partial charge in [-0.2, -0.15) is 0 Å². The zero-order valence-electron chi connectivity index (χ0n) is 9.11. The Morgan fingerprint density at radius 1 is 1.41 bits per heavy atom. The molecule has 0 bridgehead atoms. The molecule has 17 heavy (non-hydrogen) atoms. The first-order chi connectivity index (χ1) is 8.11. The topological polar surface area (TPSA) is 50.2 Å². The average molecular weight is 312 g/mol. The van der Waals surface area contributed by atoms with Crippen LogP contribution in [0.2, 0.25) is 0 Å². The van der Waals surface area contributed by atoms with Gasteiger partial charge in [0.1, 0.15) is 8.79 Å². The third kappa shape index (κ3) is 2.56. The van der Waals surface area contributed by atoms with E-state index in [0.29, 0.717) is 3.79 Å². The van der Waals surface area contributed by atoms with E-state index in [1.807, 2.05) is 24.3 Å². The highest BCUT2D eigenvalue weighted by Gasteiger charge is 2.16.